The number of hydrogen-bond donors (Lipinski definition) is 0. The molecule has 0 spiro atoms. The maximum atomic E-state index is 14.0. The van der Waals surface area contributed by atoms with E-state index in [9.17, 15) is 19.2 Å². The number of fused-ring (bicyclic) bond motifs is 1. The Bertz CT molecular complexity index is 1820. The van der Waals surface area contributed by atoms with E-state index in [1.54, 1.807) is 41.0 Å². The smallest absolute Gasteiger partial charge is 0.332 e. The van der Waals surface area contributed by atoms with Gasteiger partial charge in [0.05, 0.1) is 45.9 Å². The van der Waals surface area contributed by atoms with Crippen LogP contribution in [0.15, 0.2) is 52.3 Å². The number of ether oxygens (including phenoxy) is 4. The molecular weight excluding hydrogens is 546 g/mol. The van der Waals surface area contributed by atoms with Crippen molar-refractivity contribution in [3.05, 3.63) is 74.7 Å². The Balaban J connectivity index is 1.59. The van der Waals surface area contributed by atoms with Crippen LogP contribution in [0.25, 0.3) is 22.3 Å². The highest BCUT2D eigenvalue weighted by molar-refractivity contribution is 6.49. The largest absolute Gasteiger partial charge is 0.493 e. The van der Waals surface area contributed by atoms with Crippen molar-refractivity contribution in [2.45, 2.75) is 6.54 Å². The molecule has 4 aromatic rings. The van der Waals surface area contributed by atoms with Gasteiger partial charge in [-0.3, -0.25) is 28.4 Å². The van der Waals surface area contributed by atoms with Crippen molar-refractivity contribution >= 4 is 34.1 Å². The number of amides is 2. The SMILES string of the molecule is COc1ccc(C2=C(c3ccc(OC)c(OC)c3)C(=O)N(CCn3cnc4c(=O)n(C)c(=O)n(C)c43)C2=O)cc1OC. The molecular formula is C29H29N5O8. The number of rotatable bonds is 9. The van der Waals surface area contributed by atoms with Crippen LogP contribution >= 0.6 is 0 Å². The molecule has 0 atom stereocenters. The molecule has 0 radical (unpaired) electrons. The first-order valence-corrected chi connectivity index (χ1v) is 12.8. The molecule has 5 rings (SSSR count). The third kappa shape index (κ3) is 4.39. The number of hydrogen-bond acceptors (Lipinski definition) is 9. The zero-order valence-electron chi connectivity index (χ0n) is 24.0. The summed E-state index contributed by atoms with van der Waals surface area (Å²) in [7, 11) is 8.87. The highest BCUT2D eigenvalue weighted by Gasteiger charge is 2.40. The maximum absolute atomic E-state index is 14.0. The topological polar surface area (TPSA) is 136 Å². The van der Waals surface area contributed by atoms with Crippen LogP contribution < -0.4 is 30.2 Å². The first-order valence-electron chi connectivity index (χ1n) is 12.8. The molecule has 0 saturated carbocycles. The van der Waals surface area contributed by atoms with Gasteiger partial charge in [0, 0.05) is 27.2 Å². The number of carbonyl (C=O) groups is 2. The number of nitrogens with zero attached hydrogens (tertiary/aromatic N) is 5. The summed E-state index contributed by atoms with van der Waals surface area (Å²) >= 11 is 0. The van der Waals surface area contributed by atoms with Crippen LogP contribution in [0, 0.1) is 0 Å². The van der Waals surface area contributed by atoms with Crippen LogP contribution in [0.5, 0.6) is 23.0 Å². The summed E-state index contributed by atoms with van der Waals surface area (Å²) in [6.45, 7) is 0.0347. The number of aryl methyl sites for hydroxylation is 1. The molecule has 42 heavy (non-hydrogen) atoms. The van der Waals surface area contributed by atoms with E-state index in [4.69, 9.17) is 18.9 Å². The fourth-order valence-corrected chi connectivity index (χ4v) is 5.11. The third-order valence-corrected chi connectivity index (χ3v) is 7.29. The first-order chi connectivity index (χ1) is 20.2. The second kappa shape index (κ2) is 10.9. The molecule has 0 unspecified atom stereocenters. The number of carbonyl (C=O) groups excluding carboxylic acids is 2. The van der Waals surface area contributed by atoms with E-state index in [0.717, 1.165) is 9.47 Å². The maximum Gasteiger partial charge on any atom is 0.332 e. The monoisotopic (exact) mass is 575 g/mol. The predicted octanol–water partition coefficient (Wildman–Crippen LogP) is 1.45. The number of methoxy groups -OCH3 is 4. The lowest BCUT2D eigenvalue weighted by Gasteiger charge is -2.17. The summed E-state index contributed by atoms with van der Waals surface area (Å²) < 4.78 is 25.4. The standard InChI is InChI=1S/C29H29N5O8/c1-31-25-24(28(37)32(2)29(31)38)30-15-33(25)11-12-34-26(35)22(16-7-9-18(39-3)20(13-16)41-5)23(27(34)36)17-8-10-19(40-4)21(14-17)42-6/h7-10,13-15H,11-12H2,1-6H3. The molecule has 0 saturated heterocycles. The van der Waals surface area contributed by atoms with Gasteiger partial charge in [-0.05, 0) is 35.4 Å². The highest BCUT2D eigenvalue weighted by Crippen LogP contribution is 2.41. The molecule has 2 aromatic heterocycles. The average molecular weight is 576 g/mol. The van der Waals surface area contributed by atoms with Crippen molar-refractivity contribution in [1.29, 1.82) is 0 Å². The Morgan fingerprint density at radius 3 is 1.64 bits per heavy atom. The summed E-state index contributed by atoms with van der Waals surface area (Å²) in [6, 6.07) is 9.96. The molecule has 13 nitrogen and oxygen atoms in total. The fraction of sp³-hybridized carbons (Fsp3) is 0.276. The van der Waals surface area contributed by atoms with Crippen molar-refractivity contribution in [3.8, 4) is 23.0 Å². The molecule has 1 aliphatic heterocycles. The Labute approximate surface area is 239 Å². The van der Waals surface area contributed by atoms with Gasteiger partial charge < -0.3 is 23.5 Å². The van der Waals surface area contributed by atoms with Gasteiger partial charge in [0.2, 0.25) is 0 Å². The lowest BCUT2D eigenvalue weighted by molar-refractivity contribution is -0.136. The van der Waals surface area contributed by atoms with Gasteiger partial charge >= 0.3 is 5.69 Å². The molecule has 218 valence electrons. The molecule has 0 fully saturated rings. The summed E-state index contributed by atoms with van der Waals surface area (Å²) in [6.07, 6.45) is 1.41. The van der Waals surface area contributed by atoms with Gasteiger partial charge in [-0.15, -0.1) is 0 Å². The molecule has 2 amide bonds. The van der Waals surface area contributed by atoms with Crippen molar-refractivity contribution in [1.82, 2.24) is 23.6 Å². The molecule has 13 heteroatoms. The molecule has 0 aliphatic carbocycles. The zero-order valence-corrected chi connectivity index (χ0v) is 24.0. The van der Waals surface area contributed by atoms with Crippen molar-refractivity contribution in [2.75, 3.05) is 35.0 Å². The van der Waals surface area contributed by atoms with Gasteiger partial charge in [-0.1, -0.05) is 12.1 Å². The zero-order chi connectivity index (χ0) is 30.3. The van der Waals surface area contributed by atoms with Crippen molar-refractivity contribution < 1.29 is 28.5 Å². The van der Waals surface area contributed by atoms with E-state index >= 15 is 0 Å². The van der Waals surface area contributed by atoms with Crippen LogP contribution in [-0.4, -0.2) is 70.4 Å². The molecule has 0 N–H and O–H groups in total. The summed E-state index contributed by atoms with van der Waals surface area (Å²) in [5.41, 5.74) is 0.595. The Kier molecular flexibility index (Phi) is 7.33. The van der Waals surface area contributed by atoms with E-state index in [0.29, 0.717) is 34.1 Å². The molecule has 2 aromatic carbocycles. The minimum atomic E-state index is -0.534. The minimum Gasteiger partial charge on any atom is -0.493 e. The van der Waals surface area contributed by atoms with Crippen LogP contribution in [0.2, 0.25) is 0 Å². The first kappa shape index (κ1) is 28.2. The third-order valence-electron chi connectivity index (χ3n) is 7.29. The number of imidazole rings is 1. The fourth-order valence-electron chi connectivity index (χ4n) is 5.11. The van der Waals surface area contributed by atoms with Gasteiger partial charge in [-0.25, -0.2) is 9.78 Å². The lowest BCUT2D eigenvalue weighted by Crippen LogP contribution is -2.38. The average Bonchev–Trinajstić information content (AvgIpc) is 3.54. The number of benzene rings is 2. The molecule has 0 bridgehead atoms. The molecule has 3 heterocycles. The lowest BCUT2D eigenvalue weighted by atomic mass is 9.95. The summed E-state index contributed by atoms with van der Waals surface area (Å²) in [5, 5.41) is 0. The highest BCUT2D eigenvalue weighted by atomic mass is 16.5. The normalized spacial score (nSPS) is 13.3. The predicted molar refractivity (Wildman–Crippen MR) is 153 cm³/mol. The van der Waals surface area contributed by atoms with Gasteiger partial charge in [0.1, 0.15) is 5.65 Å². The van der Waals surface area contributed by atoms with Crippen LogP contribution in [0.3, 0.4) is 0 Å². The Hall–Kier alpha value is -5.33. The van der Waals surface area contributed by atoms with Gasteiger partial charge in [0.15, 0.2) is 28.5 Å². The minimum absolute atomic E-state index is 0.0555. The van der Waals surface area contributed by atoms with E-state index in [2.05, 4.69) is 4.98 Å². The van der Waals surface area contributed by atoms with Crippen LogP contribution in [0.1, 0.15) is 11.1 Å². The van der Waals surface area contributed by atoms with Crippen LogP contribution in [0.4, 0.5) is 0 Å². The Morgan fingerprint density at radius 1 is 0.667 bits per heavy atom. The van der Waals surface area contributed by atoms with Gasteiger partial charge in [-0.2, -0.15) is 0 Å². The van der Waals surface area contributed by atoms with E-state index in [1.165, 1.54) is 53.4 Å². The van der Waals surface area contributed by atoms with E-state index < -0.39 is 23.1 Å². The van der Waals surface area contributed by atoms with Crippen molar-refractivity contribution in [3.63, 3.8) is 0 Å². The summed E-state index contributed by atoms with van der Waals surface area (Å²) in [5.74, 6) is 0.664. The summed E-state index contributed by atoms with van der Waals surface area (Å²) in [4.78, 5) is 58.3. The number of aromatic nitrogens is 4. The second-order valence-electron chi connectivity index (χ2n) is 9.47. The van der Waals surface area contributed by atoms with Crippen LogP contribution in [-0.2, 0) is 30.2 Å². The quantitative estimate of drug-likeness (QED) is 0.272. The van der Waals surface area contributed by atoms with Gasteiger partial charge in [0.25, 0.3) is 17.4 Å². The molecule has 1 aliphatic rings. The number of imide groups is 1. The van der Waals surface area contributed by atoms with Crippen molar-refractivity contribution in [2.24, 2.45) is 14.1 Å². The van der Waals surface area contributed by atoms with E-state index in [1.807, 2.05) is 0 Å². The second-order valence-corrected chi connectivity index (χ2v) is 9.47. The van der Waals surface area contributed by atoms with E-state index in [-0.39, 0.29) is 35.4 Å². The Morgan fingerprint density at radius 2 is 1.17 bits per heavy atom.